The van der Waals surface area contributed by atoms with E-state index in [0.29, 0.717) is 5.82 Å². The second-order valence-electron chi connectivity index (χ2n) is 5.43. The van der Waals surface area contributed by atoms with E-state index in [2.05, 4.69) is 29.2 Å². The van der Waals surface area contributed by atoms with Gasteiger partial charge in [-0.2, -0.15) is 0 Å². The van der Waals surface area contributed by atoms with Crippen LogP contribution in [0.3, 0.4) is 0 Å². The zero-order valence-electron chi connectivity index (χ0n) is 12.1. The summed E-state index contributed by atoms with van der Waals surface area (Å²) in [6.07, 6.45) is 2.36. The van der Waals surface area contributed by atoms with E-state index in [1.165, 1.54) is 12.4 Å². The van der Waals surface area contributed by atoms with Gasteiger partial charge in [-0.1, -0.05) is 19.9 Å². The summed E-state index contributed by atoms with van der Waals surface area (Å²) in [6.45, 7) is 4.90. The lowest BCUT2D eigenvalue weighted by molar-refractivity contribution is 0.628. The molecule has 1 aromatic heterocycles. The summed E-state index contributed by atoms with van der Waals surface area (Å²) < 4.78 is 13.6. The maximum Gasteiger partial charge on any atom is 0.148 e. The number of rotatable bonds is 3. The normalized spacial score (nSPS) is 13.7. The average molecular weight is 287 g/mol. The number of benzene rings is 1. The van der Waals surface area contributed by atoms with Gasteiger partial charge in [0.15, 0.2) is 0 Å². The monoisotopic (exact) mass is 287 g/mol. The smallest absolute Gasteiger partial charge is 0.148 e. The molecule has 0 saturated carbocycles. The van der Waals surface area contributed by atoms with Crippen LogP contribution in [0.5, 0.6) is 0 Å². The molecule has 0 unspecified atom stereocenters. The highest BCUT2D eigenvalue weighted by atomic mass is 19.1. The van der Waals surface area contributed by atoms with Crippen LogP contribution in [0.2, 0.25) is 0 Å². The van der Waals surface area contributed by atoms with Gasteiger partial charge >= 0.3 is 0 Å². The summed E-state index contributed by atoms with van der Waals surface area (Å²) in [5, 5.41) is 0. The summed E-state index contributed by atoms with van der Waals surface area (Å²) >= 11 is 0. The number of hydrogen-bond acceptors (Lipinski definition) is 5. The van der Waals surface area contributed by atoms with E-state index in [-0.39, 0.29) is 11.7 Å². The third kappa shape index (κ3) is 2.31. The average Bonchev–Trinajstić information content (AvgIpc) is 2.89. The molecule has 1 aromatic carbocycles. The minimum absolute atomic E-state index is 0.199. The van der Waals surface area contributed by atoms with Gasteiger partial charge < -0.3 is 10.3 Å². The third-order valence-corrected chi connectivity index (χ3v) is 3.78. The molecular weight excluding hydrogens is 269 g/mol. The van der Waals surface area contributed by atoms with Crippen LogP contribution in [0.1, 0.15) is 30.9 Å². The van der Waals surface area contributed by atoms with Crippen molar-refractivity contribution >= 4 is 17.3 Å². The Morgan fingerprint density at radius 1 is 1.33 bits per heavy atom. The number of nitrogen functional groups attached to an aromatic ring is 1. The molecular formula is C15H18FN5. The van der Waals surface area contributed by atoms with Crippen molar-refractivity contribution in [2.45, 2.75) is 26.2 Å². The quantitative estimate of drug-likeness (QED) is 0.671. The van der Waals surface area contributed by atoms with E-state index >= 15 is 0 Å². The number of anilines is 3. The SMILES string of the molecule is CC(C)c1c(NN)ncnc1N1CCc2ccc(F)cc21. The summed E-state index contributed by atoms with van der Waals surface area (Å²) in [7, 11) is 0. The first-order chi connectivity index (χ1) is 10.1. The second-order valence-corrected chi connectivity index (χ2v) is 5.43. The molecule has 1 aliphatic rings. The van der Waals surface area contributed by atoms with E-state index in [9.17, 15) is 4.39 Å². The minimum atomic E-state index is -0.238. The van der Waals surface area contributed by atoms with E-state index < -0.39 is 0 Å². The number of nitrogens with two attached hydrogens (primary N) is 1. The molecule has 0 aliphatic carbocycles. The van der Waals surface area contributed by atoms with Crippen molar-refractivity contribution in [1.82, 2.24) is 9.97 Å². The Kier molecular flexibility index (Phi) is 3.47. The number of nitrogens with one attached hydrogen (secondary N) is 1. The van der Waals surface area contributed by atoms with Crippen molar-refractivity contribution in [1.29, 1.82) is 0 Å². The highest BCUT2D eigenvalue weighted by Gasteiger charge is 2.26. The zero-order chi connectivity index (χ0) is 15.0. The van der Waals surface area contributed by atoms with Crippen molar-refractivity contribution in [2.24, 2.45) is 5.84 Å². The van der Waals surface area contributed by atoms with Gasteiger partial charge in [0, 0.05) is 17.8 Å². The van der Waals surface area contributed by atoms with Gasteiger partial charge in [0.2, 0.25) is 0 Å². The van der Waals surface area contributed by atoms with E-state index in [4.69, 9.17) is 5.84 Å². The molecule has 2 aromatic rings. The molecule has 3 rings (SSSR count). The number of halogens is 1. The Balaban J connectivity index is 2.13. The van der Waals surface area contributed by atoms with Gasteiger partial charge in [0.25, 0.3) is 0 Å². The predicted octanol–water partition coefficient (Wildman–Crippen LogP) is 2.72. The fourth-order valence-corrected chi connectivity index (χ4v) is 2.82. The maximum atomic E-state index is 13.6. The molecule has 2 heterocycles. The molecule has 0 bridgehead atoms. The summed E-state index contributed by atoms with van der Waals surface area (Å²) in [4.78, 5) is 10.6. The number of nitrogens with zero attached hydrogens (tertiary/aromatic N) is 3. The Morgan fingerprint density at radius 3 is 2.86 bits per heavy atom. The molecule has 0 spiro atoms. The summed E-state index contributed by atoms with van der Waals surface area (Å²) in [5.41, 5.74) is 5.57. The first-order valence-electron chi connectivity index (χ1n) is 6.99. The lowest BCUT2D eigenvalue weighted by Crippen LogP contribution is -2.20. The number of hydrazine groups is 1. The molecule has 3 N–H and O–H groups in total. The van der Waals surface area contributed by atoms with Crippen LogP contribution in [0, 0.1) is 5.82 Å². The molecule has 0 atom stereocenters. The van der Waals surface area contributed by atoms with Crippen molar-refractivity contribution in [3.8, 4) is 0 Å². The molecule has 0 amide bonds. The van der Waals surface area contributed by atoms with E-state index in [1.807, 2.05) is 11.0 Å². The molecule has 6 heteroatoms. The van der Waals surface area contributed by atoms with Crippen LogP contribution in [0.4, 0.5) is 21.7 Å². The zero-order valence-corrected chi connectivity index (χ0v) is 12.1. The Labute approximate surface area is 123 Å². The van der Waals surface area contributed by atoms with Crippen molar-refractivity contribution in [3.63, 3.8) is 0 Å². The molecule has 0 saturated heterocycles. The molecule has 5 nitrogen and oxygen atoms in total. The first kappa shape index (κ1) is 13.8. The van der Waals surface area contributed by atoms with Crippen molar-refractivity contribution < 1.29 is 4.39 Å². The van der Waals surface area contributed by atoms with Crippen LogP contribution in [0.25, 0.3) is 0 Å². The molecule has 0 fully saturated rings. The highest BCUT2D eigenvalue weighted by molar-refractivity contribution is 5.72. The van der Waals surface area contributed by atoms with Gasteiger partial charge in [-0.3, -0.25) is 0 Å². The van der Waals surface area contributed by atoms with Crippen LogP contribution in [-0.2, 0) is 6.42 Å². The molecule has 110 valence electrons. The fourth-order valence-electron chi connectivity index (χ4n) is 2.82. The number of aromatic nitrogens is 2. The third-order valence-electron chi connectivity index (χ3n) is 3.78. The number of fused-ring (bicyclic) bond motifs is 1. The van der Waals surface area contributed by atoms with E-state index in [1.54, 1.807) is 6.07 Å². The lowest BCUT2D eigenvalue weighted by Gasteiger charge is -2.24. The minimum Gasteiger partial charge on any atom is -0.325 e. The molecule has 21 heavy (non-hydrogen) atoms. The fraction of sp³-hybridized carbons (Fsp3) is 0.333. The van der Waals surface area contributed by atoms with Gasteiger partial charge in [-0.05, 0) is 30.0 Å². The van der Waals surface area contributed by atoms with Crippen LogP contribution in [0.15, 0.2) is 24.5 Å². The molecule has 1 aliphatic heterocycles. The Hall–Kier alpha value is -2.21. The first-order valence-corrected chi connectivity index (χ1v) is 6.99. The Morgan fingerprint density at radius 2 is 2.14 bits per heavy atom. The number of hydrogen-bond donors (Lipinski definition) is 2. The largest absolute Gasteiger partial charge is 0.325 e. The molecule has 0 radical (unpaired) electrons. The van der Waals surface area contributed by atoms with Gasteiger partial charge in [0.1, 0.15) is 23.8 Å². The van der Waals surface area contributed by atoms with Crippen molar-refractivity contribution in [2.75, 3.05) is 16.9 Å². The summed E-state index contributed by atoms with van der Waals surface area (Å²) in [5.74, 6) is 6.92. The highest BCUT2D eigenvalue weighted by Crippen LogP contribution is 2.39. The summed E-state index contributed by atoms with van der Waals surface area (Å²) in [6, 6.07) is 4.89. The van der Waals surface area contributed by atoms with Gasteiger partial charge in [-0.25, -0.2) is 20.2 Å². The topological polar surface area (TPSA) is 67.1 Å². The van der Waals surface area contributed by atoms with E-state index in [0.717, 1.165) is 35.6 Å². The van der Waals surface area contributed by atoms with Crippen LogP contribution < -0.4 is 16.2 Å². The Bertz CT molecular complexity index is 671. The van der Waals surface area contributed by atoms with Gasteiger partial charge in [-0.15, -0.1) is 0 Å². The predicted molar refractivity (Wildman–Crippen MR) is 81.0 cm³/mol. The standard InChI is InChI=1S/C15H18FN5/c1-9(2)13-14(20-17)18-8-19-15(13)21-6-5-10-3-4-11(16)7-12(10)21/h3-4,7-9H,5-6,17H2,1-2H3,(H,18,19,20). The van der Waals surface area contributed by atoms with Crippen LogP contribution >= 0.6 is 0 Å². The van der Waals surface area contributed by atoms with Gasteiger partial charge in [0.05, 0.1) is 0 Å². The van der Waals surface area contributed by atoms with Crippen LogP contribution in [-0.4, -0.2) is 16.5 Å². The maximum absolute atomic E-state index is 13.6. The van der Waals surface area contributed by atoms with Crippen molar-refractivity contribution in [3.05, 3.63) is 41.5 Å². The second kappa shape index (κ2) is 5.29. The lowest BCUT2D eigenvalue weighted by atomic mass is 10.0.